The second kappa shape index (κ2) is 2.44. The summed E-state index contributed by atoms with van der Waals surface area (Å²) in [6.45, 7) is 1.55. The third-order valence-electron chi connectivity index (χ3n) is 2.87. The summed E-state index contributed by atoms with van der Waals surface area (Å²) >= 11 is 0. The fourth-order valence-electron chi connectivity index (χ4n) is 1.98. The van der Waals surface area contributed by atoms with Gasteiger partial charge in [-0.3, -0.25) is 0 Å². The number of hydrogen-bond donors (Lipinski definition) is 2. The molecule has 0 radical (unpaired) electrons. The standard InChI is InChI=1S/C8H14O3/c9-6-1-2-8(3-7(6)10)4-11-5-8/h6-7,9-10H,1-5H2. The normalized spacial score (nSPS) is 42.0. The van der Waals surface area contributed by atoms with Gasteiger partial charge in [0.25, 0.3) is 0 Å². The van der Waals surface area contributed by atoms with Crippen molar-refractivity contribution in [3.05, 3.63) is 0 Å². The first-order valence-electron chi connectivity index (χ1n) is 4.16. The topological polar surface area (TPSA) is 49.7 Å². The van der Waals surface area contributed by atoms with Crippen LogP contribution in [0.3, 0.4) is 0 Å². The van der Waals surface area contributed by atoms with Crippen LogP contribution in [0.25, 0.3) is 0 Å². The monoisotopic (exact) mass is 158 g/mol. The molecule has 2 fully saturated rings. The first kappa shape index (κ1) is 7.53. The van der Waals surface area contributed by atoms with Crippen LogP contribution in [0.5, 0.6) is 0 Å². The lowest BCUT2D eigenvalue weighted by molar-refractivity contribution is -0.171. The minimum absolute atomic E-state index is 0.221. The van der Waals surface area contributed by atoms with E-state index in [0.717, 1.165) is 26.1 Å². The first-order chi connectivity index (χ1) is 5.22. The SMILES string of the molecule is OC1CCC2(COC2)CC1O. The fraction of sp³-hybridized carbons (Fsp3) is 1.00. The van der Waals surface area contributed by atoms with E-state index in [9.17, 15) is 10.2 Å². The lowest BCUT2D eigenvalue weighted by atomic mass is 9.70. The molecule has 0 aromatic carbocycles. The highest BCUT2D eigenvalue weighted by molar-refractivity contribution is 4.94. The van der Waals surface area contributed by atoms with E-state index in [1.807, 2.05) is 0 Å². The van der Waals surface area contributed by atoms with Crippen molar-refractivity contribution in [1.29, 1.82) is 0 Å². The summed E-state index contributed by atoms with van der Waals surface area (Å²) in [5.74, 6) is 0. The average Bonchev–Trinajstić information content (AvgIpc) is 1.92. The lowest BCUT2D eigenvalue weighted by Crippen LogP contribution is -2.50. The third kappa shape index (κ3) is 1.17. The van der Waals surface area contributed by atoms with Crippen LogP contribution in [0.15, 0.2) is 0 Å². The smallest absolute Gasteiger partial charge is 0.0806 e. The Morgan fingerprint density at radius 1 is 1.18 bits per heavy atom. The molecule has 1 saturated heterocycles. The van der Waals surface area contributed by atoms with E-state index in [2.05, 4.69) is 0 Å². The summed E-state index contributed by atoms with van der Waals surface area (Å²) in [4.78, 5) is 0. The van der Waals surface area contributed by atoms with Crippen LogP contribution in [0.2, 0.25) is 0 Å². The van der Waals surface area contributed by atoms with E-state index in [1.54, 1.807) is 0 Å². The van der Waals surface area contributed by atoms with Crippen LogP contribution in [0.1, 0.15) is 19.3 Å². The van der Waals surface area contributed by atoms with Crippen LogP contribution in [0, 0.1) is 5.41 Å². The van der Waals surface area contributed by atoms with Crippen LogP contribution >= 0.6 is 0 Å². The molecule has 2 atom stereocenters. The van der Waals surface area contributed by atoms with Gasteiger partial charge in [-0.2, -0.15) is 0 Å². The highest BCUT2D eigenvalue weighted by Gasteiger charge is 2.44. The molecule has 3 nitrogen and oxygen atoms in total. The van der Waals surface area contributed by atoms with E-state index >= 15 is 0 Å². The number of aliphatic hydroxyl groups is 2. The summed E-state index contributed by atoms with van der Waals surface area (Å²) in [5, 5.41) is 18.6. The van der Waals surface area contributed by atoms with Gasteiger partial charge in [0.05, 0.1) is 25.4 Å². The van der Waals surface area contributed by atoms with Crippen molar-refractivity contribution >= 4 is 0 Å². The number of hydrogen-bond acceptors (Lipinski definition) is 3. The molecule has 0 amide bonds. The Morgan fingerprint density at radius 3 is 2.36 bits per heavy atom. The maximum atomic E-state index is 9.37. The molecule has 2 N–H and O–H groups in total. The van der Waals surface area contributed by atoms with Gasteiger partial charge in [-0.15, -0.1) is 0 Å². The minimum atomic E-state index is -0.521. The molecule has 1 spiro atoms. The van der Waals surface area contributed by atoms with Gasteiger partial charge < -0.3 is 14.9 Å². The van der Waals surface area contributed by atoms with Crippen LogP contribution < -0.4 is 0 Å². The van der Waals surface area contributed by atoms with Gasteiger partial charge >= 0.3 is 0 Å². The zero-order valence-electron chi connectivity index (χ0n) is 6.49. The largest absolute Gasteiger partial charge is 0.390 e. The van der Waals surface area contributed by atoms with Gasteiger partial charge in [-0.05, 0) is 19.3 Å². The lowest BCUT2D eigenvalue weighted by Gasteiger charge is -2.47. The predicted molar refractivity (Wildman–Crippen MR) is 39.1 cm³/mol. The molecule has 1 saturated carbocycles. The Labute approximate surface area is 66.0 Å². The Kier molecular flexibility index (Phi) is 1.67. The van der Waals surface area contributed by atoms with Crippen molar-refractivity contribution < 1.29 is 14.9 Å². The van der Waals surface area contributed by atoms with Gasteiger partial charge in [0.2, 0.25) is 0 Å². The predicted octanol–water partition coefficient (Wildman–Crippen LogP) is -0.0913. The summed E-state index contributed by atoms with van der Waals surface area (Å²) < 4.78 is 5.11. The molecule has 0 bridgehead atoms. The van der Waals surface area contributed by atoms with Crippen molar-refractivity contribution in [3.8, 4) is 0 Å². The van der Waals surface area contributed by atoms with Gasteiger partial charge in [0.15, 0.2) is 0 Å². The summed E-state index contributed by atoms with van der Waals surface area (Å²) in [7, 11) is 0. The molecule has 64 valence electrons. The van der Waals surface area contributed by atoms with Crippen molar-refractivity contribution in [2.45, 2.75) is 31.5 Å². The van der Waals surface area contributed by atoms with Crippen LogP contribution in [-0.2, 0) is 4.74 Å². The first-order valence-corrected chi connectivity index (χ1v) is 4.16. The highest BCUT2D eigenvalue weighted by atomic mass is 16.5. The van der Waals surface area contributed by atoms with Crippen molar-refractivity contribution in [3.63, 3.8) is 0 Å². The van der Waals surface area contributed by atoms with E-state index in [-0.39, 0.29) is 5.41 Å². The zero-order valence-corrected chi connectivity index (χ0v) is 6.49. The number of rotatable bonds is 0. The van der Waals surface area contributed by atoms with Gasteiger partial charge in [-0.1, -0.05) is 0 Å². The Balaban J connectivity index is 1.97. The molecular weight excluding hydrogens is 144 g/mol. The molecule has 2 aliphatic rings. The molecule has 2 rings (SSSR count). The molecule has 1 aliphatic heterocycles. The average molecular weight is 158 g/mol. The van der Waals surface area contributed by atoms with Gasteiger partial charge in [0.1, 0.15) is 0 Å². The molecule has 0 aromatic rings. The molecule has 3 heteroatoms. The third-order valence-corrected chi connectivity index (χ3v) is 2.87. The summed E-state index contributed by atoms with van der Waals surface area (Å²) in [5.41, 5.74) is 0.221. The molecule has 1 aliphatic carbocycles. The quantitative estimate of drug-likeness (QED) is 0.518. The second-order valence-corrected chi connectivity index (χ2v) is 3.87. The molecule has 2 unspecified atom stereocenters. The zero-order chi connectivity index (χ0) is 7.90. The maximum absolute atomic E-state index is 9.37. The van der Waals surface area contributed by atoms with E-state index in [4.69, 9.17) is 4.74 Å². The van der Waals surface area contributed by atoms with E-state index in [0.29, 0.717) is 6.42 Å². The highest BCUT2D eigenvalue weighted by Crippen LogP contribution is 2.42. The molecule has 1 heterocycles. The van der Waals surface area contributed by atoms with Gasteiger partial charge in [-0.25, -0.2) is 0 Å². The number of aliphatic hydroxyl groups excluding tert-OH is 2. The van der Waals surface area contributed by atoms with Crippen molar-refractivity contribution in [2.75, 3.05) is 13.2 Å². The summed E-state index contributed by atoms with van der Waals surface area (Å²) in [6.07, 6.45) is 1.43. The van der Waals surface area contributed by atoms with E-state index in [1.165, 1.54) is 0 Å². The fourth-order valence-corrected chi connectivity index (χ4v) is 1.98. The molecule has 11 heavy (non-hydrogen) atoms. The van der Waals surface area contributed by atoms with Crippen LogP contribution in [0.4, 0.5) is 0 Å². The van der Waals surface area contributed by atoms with Crippen molar-refractivity contribution in [2.24, 2.45) is 5.41 Å². The Hall–Kier alpha value is -0.120. The maximum Gasteiger partial charge on any atom is 0.0806 e. The molecule has 0 aromatic heterocycles. The second-order valence-electron chi connectivity index (χ2n) is 3.87. The number of ether oxygens (including phenoxy) is 1. The Bertz CT molecular complexity index is 153. The Morgan fingerprint density at radius 2 is 1.91 bits per heavy atom. The van der Waals surface area contributed by atoms with Crippen LogP contribution in [-0.4, -0.2) is 35.6 Å². The molecular formula is C8H14O3. The van der Waals surface area contributed by atoms with E-state index < -0.39 is 12.2 Å². The minimum Gasteiger partial charge on any atom is -0.390 e. The summed E-state index contributed by atoms with van der Waals surface area (Å²) in [6, 6.07) is 0. The van der Waals surface area contributed by atoms with Crippen molar-refractivity contribution in [1.82, 2.24) is 0 Å². The van der Waals surface area contributed by atoms with Gasteiger partial charge in [0, 0.05) is 5.41 Å².